The van der Waals surface area contributed by atoms with E-state index in [1.807, 2.05) is 20.8 Å². The van der Waals surface area contributed by atoms with E-state index in [1.165, 1.54) is 18.3 Å². The lowest BCUT2D eigenvalue weighted by molar-refractivity contribution is -0.389. The summed E-state index contributed by atoms with van der Waals surface area (Å²) < 4.78 is 4.55. The van der Waals surface area contributed by atoms with Gasteiger partial charge in [0.2, 0.25) is 5.91 Å². The third-order valence-electron chi connectivity index (χ3n) is 2.72. The lowest BCUT2D eigenvalue weighted by atomic mass is 10.2. The number of pyridine rings is 1. The van der Waals surface area contributed by atoms with Crippen molar-refractivity contribution in [2.24, 2.45) is 0 Å². The van der Waals surface area contributed by atoms with Crippen LogP contribution in [0.2, 0.25) is 0 Å². The second-order valence-electron chi connectivity index (χ2n) is 5.68. The number of carbonyl (C=O) groups is 2. The van der Waals surface area contributed by atoms with Crippen LogP contribution in [0.25, 0.3) is 0 Å². The van der Waals surface area contributed by atoms with Gasteiger partial charge in [0, 0.05) is 19.2 Å². The minimum Gasteiger partial charge on any atom is -0.462 e. The molecule has 1 fully saturated rings. The van der Waals surface area contributed by atoms with Gasteiger partial charge in [-0.05, 0) is 36.7 Å². The molecule has 1 aliphatic rings. The normalized spacial score (nSPS) is 14.6. The van der Waals surface area contributed by atoms with Crippen molar-refractivity contribution < 1.29 is 19.2 Å². The van der Waals surface area contributed by atoms with Gasteiger partial charge in [0.1, 0.15) is 5.60 Å². The Morgan fingerprint density at radius 1 is 1.43 bits per heavy atom. The molecule has 1 aliphatic heterocycles. The van der Waals surface area contributed by atoms with E-state index < -0.39 is 4.92 Å². The van der Waals surface area contributed by atoms with Gasteiger partial charge in [-0.1, -0.05) is 0 Å². The Bertz CT molecular complexity index is 553. The third-order valence-corrected chi connectivity index (χ3v) is 2.72. The summed E-state index contributed by atoms with van der Waals surface area (Å²) in [6.45, 7) is 7.47. The van der Waals surface area contributed by atoms with E-state index in [0.29, 0.717) is 25.2 Å². The van der Waals surface area contributed by atoms with Gasteiger partial charge in [0.15, 0.2) is 6.20 Å². The fourth-order valence-electron chi connectivity index (χ4n) is 1.67. The van der Waals surface area contributed by atoms with Crippen molar-refractivity contribution in [2.45, 2.75) is 26.4 Å². The average molecular weight is 324 g/mol. The number of nitrogens with one attached hydrogen (secondary N) is 1. The fourth-order valence-corrected chi connectivity index (χ4v) is 1.67. The van der Waals surface area contributed by atoms with Crippen LogP contribution in [0.1, 0.15) is 20.8 Å². The van der Waals surface area contributed by atoms with Crippen molar-refractivity contribution in [3.8, 4) is 0 Å². The quantitative estimate of drug-likeness (QED) is 0.498. The highest BCUT2D eigenvalue weighted by atomic mass is 16.6. The molecule has 9 nitrogen and oxygen atoms in total. The molecule has 0 spiro atoms. The van der Waals surface area contributed by atoms with Crippen LogP contribution in [-0.4, -0.2) is 47.5 Å². The fraction of sp³-hybridized carbons (Fsp3) is 0.500. The highest BCUT2D eigenvalue weighted by Gasteiger charge is 2.21. The SMILES string of the molecule is CC(C)(C)OC=O.O=C1CNCCN1c1ccc([N+](=O)[O-])nc1. The molecule has 2 heterocycles. The summed E-state index contributed by atoms with van der Waals surface area (Å²) in [5, 5.41) is 13.3. The summed E-state index contributed by atoms with van der Waals surface area (Å²) in [7, 11) is 0. The summed E-state index contributed by atoms with van der Waals surface area (Å²) in [5.74, 6) is -0.270. The van der Waals surface area contributed by atoms with E-state index in [2.05, 4.69) is 15.0 Å². The molecular formula is C14H20N4O5. The average Bonchev–Trinajstić information content (AvgIpc) is 2.47. The maximum Gasteiger partial charge on any atom is 0.363 e. The topological polar surface area (TPSA) is 115 Å². The molecule has 0 aromatic carbocycles. The first-order valence-corrected chi connectivity index (χ1v) is 6.97. The number of nitrogens with zero attached hydrogens (tertiary/aromatic N) is 3. The standard InChI is InChI=1S/C9H10N4O3.C5H10O2/c14-9-6-10-3-4-12(9)7-1-2-8(11-5-7)13(15)16;1-5(2,3)7-4-6/h1-2,5,10H,3-4,6H2;4H,1-3H3. The van der Waals surface area contributed by atoms with Crippen molar-refractivity contribution in [3.05, 3.63) is 28.4 Å². The Morgan fingerprint density at radius 3 is 2.52 bits per heavy atom. The molecule has 9 heteroatoms. The van der Waals surface area contributed by atoms with E-state index >= 15 is 0 Å². The van der Waals surface area contributed by atoms with Crippen molar-refractivity contribution >= 4 is 23.9 Å². The largest absolute Gasteiger partial charge is 0.462 e. The molecule has 0 unspecified atom stereocenters. The van der Waals surface area contributed by atoms with E-state index in [-0.39, 0.29) is 23.9 Å². The highest BCUT2D eigenvalue weighted by Crippen LogP contribution is 2.17. The van der Waals surface area contributed by atoms with Gasteiger partial charge in [-0.2, -0.15) is 0 Å². The molecule has 0 bridgehead atoms. The number of hydrogen-bond acceptors (Lipinski definition) is 7. The Labute approximate surface area is 133 Å². The molecule has 0 saturated carbocycles. The van der Waals surface area contributed by atoms with E-state index in [4.69, 9.17) is 0 Å². The van der Waals surface area contributed by atoms with Gasteiger partial charge < -0.3 is 25.1 Å². The predicted molar refractivity (Wildman–Crippen MR) is 83.0 cm³/mol. The van der Waals surface area contributed by atoms with Crippen molar-refractivity contribution in [2.75, 3.05) is 24.5 Å². The first-order valence-electron chi connectivity index (χ1n) is 6.97. The number of carbonyl (C=O) groups excluding carboxylic acids is 2. The first kappa shape index (κ1) is 18.5. The maximum atomic E-state index is 11.5. The van der Waals surface area contributed by atoms with Crippen LogP contribution in [0.4, 0.5) is 11.5 Å². The minimum absolute atomic E-state index is 0.0538. The smallest absolute Gasteiger partial charge is 0.363 e. The molecule has 0 radical (unpaired) electrons. The minimum atomic E-state index is -0.566. The van der Waals surface area contributed by atoms with Crippen LogP contribution in [-0.2, 0) is 14.3 Å². The van der Waals surface area contributed by atoms with E-state index in [9.17, 15) is 19.7 Å². The highest BCUT2D eigenvalue weighted by molar-refractivity contribution is 5.95. The van der Waals surface area contributed by atoms with Crippen LogP contribution in [0.3, 0.4) is 0 Å². The number of rotatable bonds is 3. The van der Waals surface area contributed by atoms with Crippen molar-refractivity contribution in [1.82, 2.24) is 10.3 Å². The molecular weight excluding hydrogens is 304 g/mol. The van der Waals surface area contributed by atoms with Gasteiger partial charge in [-0.3, -0.25) is 9.59 Å². The second kappa shape index (κ2) is 8.18. The van der Waals surface area contributed by atoms with E-state index in [1.54, 1.807) is 4.90 Å². The molecule has 1 saturated heterocycles. The number of ether oxygens (including phenoxy) is 1. The number of hydrogen-bond donors (Lipinski definition) is 1. The number of nitro groups is 1. The van der Waals surface area contributed by atoms with Gasteiger partial charge in [-0.25, -0.2) is 0 Å². The zero-order valence-corrected chi connectivity index (χ0v) is 13.3. The first-order chi connectivity index (χ1) is 10.7. The van der Waals surface area contributed by atoms with Crippen molar-refractivity contribution in [3.63, 3.8) is 0 Å². The molecule has 0 aliphatic carbocycles. The number of piperazine rings is 1. The molecule has 1 aromatic rings. The number of aromatic nitrogens is 1. The number of anilines is 1. The van der Waals surface area contributed by atoms with E-state index in [0.717, 1.165) is 0 Å². The third kappa shape index (κ3) is 6.39. The zero-order valence-electron chi connectivity index (χ0n) is 13.3. The second-order valence-corrected chi connectivity index (χ2v) is 5.68. The molecule has 23 heavy (non-hydrogen) atoms. The summed E-state index contributed by atoms with van der Waals surface area (Å²) in [4.78, 5) is 36.2. The van der Waals surface area contributed by atoms with Crippen LogP contribution < -0.4 is 10.2 Å². The molecule has 1 aromatic heterocycles. The van der Waals surface area contributed by atoms with Crippen LogP contribution in [0.5, 0.6) is 0 Å². The Kier molecular flexibility index (Phi) is 6.58. The van der Waals surface area contributed by atoms with Crippen LogP contribution >= 0.6 is 0 Å². The molecule has 1 amide bonds. The summed E-state index contributed by atoms with van der Waals surface area (Å²) in [5.41, 5.74) is 0.277. The lowest BCUT2D eigenvalue weighted by Gasteiger charge is -2.26. The van der Waals surface area contributed by atoms with Gasteiger partial charge in [0.25, 0.3) is 6.47 Å². The summed E-state index contributed by atoms with van der Waals surface area (Å²) in [6, 6.07) is 2.83. The summed E-state index contributed by atoms with van der Waals surface area (Å²) in [6.07, 6.45) is 1.35. The lowest BCUT2D eigenvalue weighted by Crippen LogP contribution is -2.48. The predicted octanol–water partition coefficient (Wildman–Crippen LogP) is 0.884. The van der Waals surface area contributed by atoms with Crippen LogP contribution in [0.15, 0.2) is 18.3 Å². The Balaban J connectivity index is 0.000000322. The number of amides is 1. The van der Waals surface area contributed by atoms with Crippen LogP contribution in [0, 0.1) is 10.1 Å². The zero-order chi connectivity index (χ0) is 17.5. The molecule has 2 rings (SSSR count). The van der Waals surface area contributed by atoms with Gasteiger partial charge in [-0.15, -0.1) is 0 Å². The van der Waals surface area contributed by atoms with Gasteiger partial charge >= 0.3 is 5.82 Å². The van der Waals surface area contributed by atoms with Gasteiger partial charge in [0.05, 0.1) is 12.2 Å². The molecule has 126 valence electrons. The maximum absolute atomic E-state index is 11.5. The monoisotopic (exact) mass is 324 g/mol. The Morgan fingerprint density at radius 2 is 2.13 bits per heavy atom. The molecule has 0 atom stereocenters. The Hall–Kier alpha value is -2.55. The summed E-state index contributed by atoms with van der Waals surface area (Å²) >= 11 is 0. The van der Waals surface area contributed by atoms with Crippen molar-refractivity contribution in [1.29, 1.82) is 0 Å². The molecule has 1 N–H and O–H groups in total.